The maximum atomic E-state index is 13.4. The van der Waals surface area contributed by atoms with Gasteiger partial charge in [-0.25, -0.2) is 0 Å². The molecule has 0 bridgehead atoms. The molecule has 0 radical (unpaired) electrons. The lowest BCUT2D eigenvalue weighted by Crippen LogP contribution is -2.36. The summed E-state index contributed by atoms with van der Waals surface area (Å²) in [7, 11) is 0. The summed E-state index contributed by atoms with van der Waals surface area (Å²) in [6.45, 7) is 5.64. The number of hydrogen-bond donors (Lipinski definition) is 1. The van der Waals surface area contributed by atoms with E-state index in [2.05, 4.69) is 10.2 Å². The van der Waals surface area contributed by atoms with Gasteiger partial charge in [0.25, 0.3) is 5.91 Å². The Kier molecular flexibility index (Phi) is 6.90. The van der Waals surface area contributed by atoms with Crippen LogP contribution in [0.15, 0.2) is 48.5 Å². The molecule has 0 spiro atoms. The van der Waals surface area contributed by atoms with Crippen LogP contribution in [0, 0.1) is 0 Å². The Morgan fingerprint density at radius 1 is 0.903 bits per heavy atom. The molecule has 2 aromatic rings. The van der Waals surface area contributed by atoms with Crippen molar-refractivity contribution in [2.45, 2.75) is 51.4 Å². The Bertz CT molecular complexity index is 900. The normalized spacial score (nSPS) is 17.5. The Hall–Kier alpha value is -2.82. The van der Waals surface area contributed by atoms with Crippen LogP contribution in [0.3, 0.4) is 0 Å². The van der Waals surface area contributed by atoms with Crippen molar-refractivity contribution < 1.29 is 9.59 Å². The van der Waals surface area contributed by atoms with E-state index in [0.29, 0.717) is 11.3 Å². The number of carbonyl (C=O) groups excluding carboxylic acids is 2. The van der Waals surface area contributed by atoms with Gasteiger partial charge in [-0.05, 0) is 62.3 Å². The predicted molar refractivity (Wildman–Crippen MR) is 126 cm³/mol. The van der Waals surface area contributed by atoms with Crippen molar-refractivity contribution in [1.82, 2.24) is 4.90 Å². The number of hydrogen-bond acceptors (Lipinski definition) is 3. The van der Waals surface area contributed by atoms with Crippen molar-refractivity contribution in [2.75, 3.05) is 36.4 Å². The SMILES string of the molecule is CCC(C(=O)Nc1ccc(N2CCCC2)c(C(=O)N2CCCCC2)c1)c1ccccc1. The highest BCUT2D eigenvalue weighted by atomic mass is 16.2. The molecule has 2 heterocycles. The molecule has 2 aromatic carbocycles. The number of nitrogens with zero attached hydrogens (tertiary/aromatic N) is 2. The molecule has 5 nitrogen and oxygen atoms in total. The quantitative estimate of drug-likeness (QED) is 0.713. The lowest BCUT2D eigenvalue weighted by atomic mass is 9.95. The summed E-state index contributed by atoms with van der Waals surface area (Å²) in [4.78, 5) is 30.7. The molecule has 1 atom stereocenters. The van der Waals surface area contributed by atoms with Crippen LogP contribution in [0.2, 0.25) is 0 Å². The van der Waals surface area contributed by atoms with Crippen LogP contribution in [-0.2, 0) is 4.79 Å². The third kappa shape index (κ3) is 4.92. The molecule has 5 heteroatoms. The minimum atomic E-state index is -0.208. The van der Waals surface area contributed by atoms with Crippen molar-refractivity contribution in [1.29, 1.82) is 0 Å². The van der Waals surface area contributed by atoms with Gasteiger partial charge in [-0.3, -0.25) is 9.59 Å². The maximum absolute atomic E-state index is 13.4. The van der Waals surface area contributed by atoms with Gasteiger partial charge in [0.15, 0.2) is 0 Å². The number of nitrogens with one attached hydrogen (secondary N) is 1. The van der Waals surface area contributed by atoms with E-state index in [1.54, 1.807) is 0 Å². The number of amides is 2. The monoisotopic (exact) mass is 419 g/mol. The molecule has 2 saturated heterocycles. The molecule has 31 heavy (non-hydrogen) atoms. The number of rotatable bonds is 6. The van der Waals surface area contributed by atoms with Gasteiger partial charge in [0.2, 0.25) is 5.91 Å². The van der Waals surface area contributed by atoms with Crippen LogP contribution in [0.5, 0.6) is 0 Å². The molecular formula is C26H33N3O2. The van der Waals surface area contributed by atoms with E-state index in [1.165, 1.54) is 6.42 Å². The molecule has 4 rings (SSSR count). The number of anilines is 2. The van der Waals surface area contributed by atoms with Gasteiger partial charge in [0.1, 0.15) is 0 Å². The summed E-state index contributed by atoms with van der Waals surface area (Å²) >= 11 is 0. The van der Waals surface area contributed by atoms with Gasteiger partial charge < -0.3 is 15.1 Å². The molecule has 2 aliphatic heterocycles. The Balaban J connectivity index is 1.59. The summed E-state index contributed by atoms with van der Waals surface area (Å²) in [5.41, 5.74) is 3.43. The topological polar surface area (TPSA) is 52.7 Å². The fourth-order valence-electron chi connectivity index (χ4n) is 4.77. The minimum absolute atomic E-state index is 0.0287. The molecule has 2 fully saturated rings. The Labute approximate surface area is 185 Å². The maximum Gasteiger partial charge on any atom is 0.256 e. The van der Waals surface area contributed by atoms with Crippen molar-refractivity contribution >= 4 is 23.2 Å². The number of piperidine rings is 1. The fraction of sp³-hybridized carbons (Fsp3) is 0.462. The highest BCUT2D eigenvalue weighted by Crippen LogP contribution is 2.30. The summed E-state index contributed by atoms with van der Waals surface area (Å²) in [6, 6.07) is 15.7. The minimum Gasteiger partial charge on any atom is -0.371 e. The first-order chi connectivity index (χ1) is 15.2. The molecular weight excluding hydrogens is 386 g/mol. The first-order valence-corrected chi connectivity index (χ1v) is 11.7. The van der Waals surface area contributed by atoms with Crippen LogP contribution in [0.4, 0.5) is 11.4 Å². The predicted octanol–water partition coefficient (Wildman–Crippen LogP) is 5.05. The van der Waals surface area contributed by atoms with Crippen molar-refractivity contribution in [3.63, 3.8) is 0 Å². The van der Waals surface area contributed by atoms with E-state index in [1.807, 2.05) is 60.4 Å². The number of benzene rings is 2. The molecule has 1 unspecified atom stereocenters. The Morgan fingerprint density at radius 3 is 2.26 bits per heavy atom. The van der Waals surface area contributed by atoms with Gasteiger partial charge >= 0.3 is 0 Å². The lowest BCUT2D eigenvalue weighted by molar-refractivity contribution is -0.117. The van der Waals surface area contributed by atoms with Gasteiger partial charge in [0.05, 0.1) is 11.5 Å². The van der Waals surface area contributed by atoms with E-state index < -0.39 is 0 Å². The lowest BCUT2D eigenvalue weighted by Gasteiger charge is -2.29. The molecule has 1 N–H and O–H groups in total. The smallest absolute Gasteiger partial charge is 0.256 e. The van der Waals surface area contributed by atoms with Crippen molar-refractivity contribution in [3.8, 4) is 0 Å². The first-order valence-electron chi connectivity index (χ1n) is 11.7. The zero-order valence-electron chi connectivity index (χ0n) is 18.5. The van der Waals surface area contributed by atoms with Crippen LogP contribution < -0.4 is 10.2 Å². The van der Waals surface area contributed by atoms with Gasteiger partial charge in [0, 0.05) is 37.6 Å². The van der Waals surface area contributed by atoms with E-state index in [9.17, 15) is 9.59 Å². The first kappa shape index (κ1) is 21.4. The van der Waals surface area contributed by atoms with Crippen LogP contribution in [0.1, 0.15) is 67.3 Å². The Morgan fingerprint density at radius 2 is 1.58 bits per heavy atom. The van der Waals surface area contributed by atoms with E-state index >= 15 is 0 Å². The van der Waals surface area contributed by atoms with E-state index in [0.717, 1.165) is 69.5 Å². The second-order valence-electron chi connectivity index (χ2n) is 8.64. The van der Waals surface area contributed by atoms with Crippen molar-refractivity contribution in [2.24, 2.45) is 0 Å². The number of carbonyl (C=O) groups is 2. The highest BCUT2D eigenvalue weighted by Gasteiger charge is 2.26. The van der Waals surface area contributed by atoms with Crippen LogP contribution in [0.25, 0.3) is 0 Å². The third-order valence-electron chi connectivity index (χ3n) is 6.51. The zero-order chi connectivity index (χ0) is 21.6. The van der Waals surface area contributed by atoms with E-state index in [4.69, 9.17) is 0 Å². The summed E-state index contributed by atoms with van der Waals surface area (Å²) in [5, 5.41) is 3.08. The molecule has 164 valence electrons. The fourth-order valence-corrected chi connectivity index (χ4v) is 4.77. The molecule has 2 aliphatic rings. The summed E-state index contributed by atoms with van der Waals surface area (Å²) < 4.78 is 0. The van der Waals surface area contributed by atoms with Gasteiger partial charge in [-0.2, -0.15) is 0 Å². The largest absolute Gasteiger partial charge is 0.371 e. The molecule has 0 saturated carbocycles. The molecule has 2 amide bonds. The van der Waals surface area contributed by atoms with Gasteiger partial charge in [-0.1, -0.05) is 37.3 Å². The standard InChI is InChI=1S/C26H33N3O2/c1-2-22(20-11-5-3-6-12-20)25(30)27-21-13-14-24(28-15-9-10-16-28)23(19-21)26(31)29-17-7-4-8-18-29/h3,5-6,11-14,19,22H,2,4,7-10,15-18H2,1H3,(H,27,30). The van der Waals surface area contributed by atoms with E-state index in [-0.39, 0.29) is 17.7 Å². The van der Waals surface area contributed by atoms with Crippen LogP contribution in [-0.4, -0.2) is 42.9 Å². The zero-order valence-corrected chi connectivity index (χ0v) is 18.5. The molecule has 0 aromatic heterocycles. The summed E-state index contributed by atoms with van der Waals surface area (Å²) in [5.74, 6) is -0.146. The average molecular weight is 420 g/mol. The number of likely N-dealkylation sites (tertiary alicyclic amines) is 1. The second-order valence-corrected chi connectivity index (χ2v) is 8.64. The highest BCUT2D eigenvalue weighted by molar-refractivity contribution is 6.03. The molecule has 0 aliphatic carbocycles. The van der Waals surface area contributed by atoms with Gasteiger partial charge in [-0.15, -0.1) is 0 Å². The average Bonchev–Trinajstić information content (AvgIpc) is 3.35. The second kappa shape index (κ2) is 9.99. The van der Waals surface area contributed by atoms with Crippen molar-refractivity contribution in [3.05, 3.63) is 59.7 Å². The van der Waals surface area contributed by atoms with Crippen LogP contribution >= 0.6 is 0 Å². The third-order valence-corrected chi connectivity index (χ3v) is 6.51. The summed E-state index contributed by atoms with van der Waals surface area (Å²) in [6.07, 6.45) is 6.36.